The van der Waals surface area contributed by atoms with E-state index < -0.39 is 8.32 Å². The molecule has 17 heavy (non-hydrogen) atoms. The summed E-state index contributed by atoms with van der Waals surface area (Å²) in [7, 11) is -1.35. The van der Waals surface area contributed by atoms with Crippen LogP contribution in [0.5, 0.6) is 0 Å². The van der Waals surface area contributed by atoms with Crippen LogP contribution in [0.3, 0.4) is 0 Å². The Morgan fingerprint density at radius 3 is 2.65 bits per heavy atom. The first-order chi connectivity index (χ1) is 7.98. The molecule has 0 radical (unpaired) electrons. The summed E-state index contributed by atoms with van der Waals surface area (Å²) in [6, 6.07) is 4.35. The van der Waals surface area contributed by atoms with Crippen LogP contribution in [0.15, 0.2) is 18.3 Å². The molecule has 96 valence electrons. The standard InChI is InChI=1S/C13H24N2OSi/c1-5-15-8-6-7-12(15)9-14-10-13(11-14)16-17(2,3)4/h6-8,13H,5,9-11H2,1-4H3. The molecule has 2 rings (SSSR count). The molecule has 0 aliphatic carbocycles. The molecule has 1 fully saturated rings. The van der Waals surface area contributed by atoms with Gasteiger partial charge in [0.1, 0.15) is 0 Å². The highest BCUT2D eigenvalue weighted by Gasteiger charge is 2.31. The fourth-order valence-electron chi connectivity index (χ4n) is 2.36. The number of rotatable bonds is 5. The molecule has 0 unspecified atom stereocenters. The smallest absolute Gasteiger partial charge is 0.184 e. The lowest BCUT2D eigenvalue weighted by Gasteiger charge is -2.42. The number of hydrogen-bond donors (Lipinski definition) is 0. The van der Waals surface area contributed by atoms with E-state index >= 15 is 0 Å². The molecule has 4 heteroatoms. The molecule has 0 atom stereocenters. The molecule has 0 spiro atoms. The van der Waals surface area contributed by atoms with Crippen molar-refractivity contribution in [3.05, 3.63) is 24.0 Å². The zero-order valence-corrected chi connectivity index (χ0v) is 12.4. The second-order valence-electron chi connectivity index (χ2n) is 5.83. The highest BCUT2D eigenvalue weighted by atomic mass is 28.4. The Balaban J connectivity index is 1.78. The predicted molar refractivity (Wildman–Crippen MR) is 73.6 cm³/mol. The molecule has 0 amide bonds. The first kappa shape index (κ1) is 12.9. The van der Waals surface area contributed by atoms with E-state index in [1.54, 1.807) is 0 Å². The van der Waals surface area contributed by atoms with Crippen LogP contribution in [-0.4, -0.2) is 37.0 Å². The van der Waals surface area contributed by atoms with Crippen LogP contribution >= 0.6 is 0 Å². The fourth-order valence-corrected chi connectivity index (χ4v) is 3.51. The lowest BCUT2D eigenvalue weighted by atomic mass is 10.1. The van der Waals surface area contributed by atoms with Crippen molar-refractivity contribution >= 4 is 8.32 Å². The van der Waals surface area contributed by atoms with Crippen LogP contribution in [0.25, 0.3) is 0 Å². The van der Waals surface area contributed by atoms with E-state index in [9.17, 15) is 0 Å². The van der Waals surface area contributed by atoms with Gasteiger partial charge in [0.15, 0.2) is 8.32 Å². The van der Waals surface area contributed by atoms with Gasteiger partial charge in [-0.1, -0.05) is 0 Å². The minimum absolute atomic E-state index is 0.478. The Morgan fingerprint density at radius 1 is 1.35 bits per heavy atom. The molecule has 0 saturated carbocycles. The summed E-state index contributed by atoms with van der Waals surface area (Å²) in [5, 5.41) is 0. The first-order valence-corrected chi connectivity index (χ1v) is 9.93. The Labute approximate surface area is 106 Å². The number of likely N-dealkylation sites (tertiary alicyclic amines) is 1. The van der Waals surface area contributed by atoms with Gasteiger partial charge in [-0.2, -0.15) is 0 Å². The molecule has 1 aliphatic heterocycles. The molecule has 1 saturated heterocycles. The van der Waals surface area contributed by atoms with Crippen molar-refractivity contribution in [2.24, 2.45) is 0 Å². The fraction of sp³-hybridized carbons (Fsp3) is 0.692. The highest BCUT2D eigenvalue weighted by molar-refractivity contribution is 6.69. The molecule has 1 aromatic rings. The molecular formula is C13H24N2OSi. The van der Waals surface area contributed by atoms with Crippen molar-refractivity contribution in [3.8, 4) is 0 Å². The van der Waals surface area contributed by atoms with Crippen LogP contribution in [-0.2, 0) is 17.5 Å². The molecule has 0 N–H and O–H groups in total. The highest BCUT2D eigenvalue weighted by Crippen LogP contribution is 2.19. The van der Waals surface area contributed by atoms with Crippen molar-refractivity contribution < 1.29 is 4.43 Å². The lowest BCUT2D eigenvalue weighted by molar-refractivity contribution is 0.00824. The van der Waals surface area contributed by atoms with Crippen molar-refractivity contribution in [3.63, 3.8) is 0 Å². The SMILES string of the molecule is CCn1cccc1CN1CC(O[Si](C)(C)C)C1. The maximum atomic E-state index is 6.07. The van der Waals surface area contributed by atoms with Gasteiger partial charge in [0.05, 0.1) is 6.10 Å². The quantitative estimate of drug-likeness (QED) is 0.749. The van der Waals surface area contributed by atoms with Crippen molar-refractivity contribution in [1.82, 2.24) is 9.47 Å². The van der Waals surface area contributed by atoms with Crippen molar-refractivity contribution in [2.75, 3.05) is 13.1 Å². The summed E-state index contributed by atoms with van der Waals surface area (Å²) < 4.78 is 8.38. The number of nitrogens with zero attached hydrogens (tertiary/aromatic N) is 2. The number of aryl methyl sites for hydroxylation is 1. The summed E-state index contributed by atoms with van der Waals surface area (Å²) in [4.78, 5) is 2.46. The van der Waals surface area contributed by atoms with Crippen molar-refractivity contribution in [2.45, 2.75) is 45.8 Å². The summed E-state index contributed by atoms with van der Waals surface area (Å²) in [5.74, 6) is 0. The summed E-state index contributed by atoms with van der Waals surface area (Å²) >= 11 is 0. The Hall–Kier alpha value is -0.583. The zero-order valence-electron chi connectivity index (χ0n) is 11.4. The summed E-state index contributed by atoms with van der Waals surface area (Å²) in [6.07, 6.45) is 2.64. The van der Waals surface area contributed by atoms with Crippen LogP contribution in [0.1, 0.15) is 12.6 Å². The number of hydrogen-bond acceptors (Lipinski definition) is 2. The Bertz CT molecular complexity index is 364. The Morgan fingerprint density at radius 2 is 2.06 bits per heavy atom. The molecule has 1 aromatic heterocycles. The van der Waals surface area contributed by atoms with Crippen LogP contribution < -0.4 is 0 Å². The average Bonchev–Trinajstić information content (AvgIpc) is 2.59. The lowest BCUT2D eigenvalue weighted by Crippen LogP contribution is -2.54. The zero-order chi connectivity index (χ0) is 12.5. The molecular weight excluding hydrogens is 228 g/mol. The Kier molecular flexibility index (Phi) is 3.75. The number of aromatic nitrogens is 1. The molecule has 1 aliphatic rings. The van der Waals surface area contributed by atoms with Gasteiger partial charge < -0.3 is 8.99 Å². The molecule has 2 heterocycles. The van der Waals surface area contributed by atoms with Gasteiger partial charge in [-0.05, 0) is 38.7 Å². The third kappa shape index (κ3) is 3.44. The minimum atomic E-state index is -1.35. The third-order valence-electron chi connectivity index (χ3n) is 3.09. The van der Waals surface area contributed by atoms with Gasteiger partial charge in [0, 0.05) is 38.1 Å². The minimum Gasteiger partial charge on any atom is -0.412 e. The normalized spacial score (nSPS) is 18.4. The van der Waals surface area contributed by atoms with Gasteiger partial charge in [0.25, 0.3) is 0 Å². The van der Waals surface area contributed by atoms with E-state index in [4.69, 9.17) is 4.43 Å². The van der Waals surface area contributed by atoms with E-state index in [-0.39, 0.29) is 0 Å². The van der Waals surface area contributed by atoms with Gasteiger partial charge in [0.2, 0.25) is 0 Å². The van der Waals surface area contributed by atoms with E-state index in [0.717, 1.165) is 26.2 Å². The maximum absolute atomic E-state index is 6.07. The second-order valence-corrected chi connectivity index (χ2v) is 10.3. The van der Waals surface area contributed by atoms with Gasteiger partial charge in [-0.15, -0.1) is 0 Å². The summed E-state index contributed by atoms with van der Waals surface area (Å²) in [5.41, 5.74) is 1.42. The molecule has 0 aromatic carbocycles. The molecule has 0 bridgehead atoms. The average molecular weight is 252 g/mol. The topological polar surface area (TPSA) is 17.4 Å². The van der Waals surface area contributed by atoms with Crippen LogP contribution in [0.2, 0.25) is 19.6 Å². The van der Waals surface area contributed by atoms with Crippen LogP contribution in [0, 0.1) is 0 Å². The van der Waals surface area contributed by atoms with E-state index in [2.05, 4.69) is 54.4 Å². The predicted octanol–water partition coefficient (Wildman–Crippen LogP) is 2.54. The molecule has 3 nitrogen and oxygen atoms in total. The van der Waals surface area contributed by atoms with E-state index in [1.807, 2.05) is 0 Å². The monoisotopic (exact) mass is 252 g/mol. The van der Waals surface area contributed by atoms with Crippen molar-refractivity contribution in [1.29, 1.82) is 0 Å². The van der Waals surface area contributed by atoms with E-state index in [1.165, 1.54) is 5.69 Å². The van der Waals surface area contributed by atoms with Gasteiger partial charge in [-0.3, -0.25) is 4.90 Å². The van der Waals surface area contributed by atoms with Gasteiger partial charge >= 0.3 is 0 Å². The third-order valence-corrected chi connectivity index (χ3v) is 4.13. The largest absolute Gasteiger partial charge is 0.412 e. The van der Waals surface area contributed by atoms with E-state index in [0.29, 0.717) is 6.10 Å². The summed E-state index contributed by atoms with van der Waals surface area (Å²) in [6.45, 7) is 13.3. The first-order valence-electron chi connectivity index (χ1n) is 6.52. The second kappa shape index (κ2) is 4.96. The van der Waals surface area contributed by atoms with Crippen LogP contribution in [0.4, 0.5) is 0 Å². The maximum Gasteiger partial charge on any atom is 0.184 e. The van der Waals surface area contributed by atoms with Gasteiger partial charge in [-0.25, -0.2) is 0 Å².